The molecule has 23 nitrogen and oxygen atoms in total. The van der Waals surface area contributed by atoms with Gasteiger partial charge in [-0.1, -0.05) is 157 Å². The number of fused-ring (bicyclic) bond motifs is 4. The molecule has 0 amide bonds. The number of rotatable bonds is 20. The number of carbonyl (C=O) groups is 4. The topological polar surface area (TPSA) is 272 Å². The lowest BCUT2D eigenvalue weighted by molar-refractivity contribution is -0.121. The molecule has 4 aromatic carbocycles. The first-order valence-corrected chi connectivity index (χ1v) is 40.4. The van der Waals surface area contributed by atoms with Crippen LogP contribution in [0.2, 0.25) is 0 Å². The molecule has 10 radical (unpaired) electrons. The second-order valence-electron chi connectivity index (χ2n) is 27.5. The summed E-state index contributed by atoms with van der Waals surface area (Å²) in [5.74, 6) is -2.57. The van der Waals surface area contributed by atoms with Crippen LogP contribution >= 0.6 is 24.7 Å². The highest BCUT2D eigenvalue weighted by atomic mass is 79.9. The van der Waals surface area contributed by atoms with E-state index >= 15 is 0 Å². The van der Waals surface area contributed by atoms with E-state index in [1.165, 1.54) is 25.1 Å². The highest BCUT2D eigenvalue weighted by Crippen LogP contribution is 2.42. The fourth-order valence-electron chi connectivity index (χ4n) is 13.2. The summed E-state index contributed by atoms with van der Waals surface area (Å²) in [6.45, 7) is 18.9. The molecule has 7 saturated heterocycles. The zero-order chi connectivity index (χ0) is 84.3. The summed E-state index contributed by atoms with van der Waals surface area (Å²) >= 11 is 3.08. The van der Waals surface area contributed by atoms with Crippen LogP contribution in [0.15, 0.2) is 137 Å². The number of esters is 4. The Bertz CT molecular complexity index is 3820. The quantitative estimate of drug-likeness (QED) is 0.00806. The first kappa shape index (κ1) is 98.1. The zero-order valence-electron chi connectivity index (χ0n) is 65.3. The SMILES string of the molecule is C.CC[C@H]1O[C@@H](Br)C(F)[C@@H]1OC(=O)c1ccccc1.CC[C@H]1O[C@@H](OC(=O)c2ccccc2)C(F)[C@@H]1OC(=O)c1ccccc1.CC[C@H]1O[C@@H]2C(F)[C@@H]1Oc1nc(=O)c(C)cn12.[B][B][C@@H]1O[C@H](CC)[C@H](C)C1F.[B][B][C@@H]1O[C@H](COPC)[C@H](C)C1F.[B][C@@H]1O[C@H](CC)[C@@H](OC(=O)c2ccccc2)C1F.[B][C@@H]1O[C@H](CC)[C@H](N=[N+]=[N-])C1F. The summed E-state index contributed by atoms with van der Waals surface area (Å²) in [5, 5.41) is 2.60. The van der Waals surface area contributed by atoms with E-state index in [0.717, 1.165) is 6.42 Å². The molecule has 0 aliphatic carbocycles. The normalized spacial score (nSPS) is 33.2. The second-order valence-corrected chi connectivity index (χ2v) is 29.1. The number of carbonyl (C=O) groups excluding carboxylic acids is 4. The lowest BCUT2D eigenvalue weighted by Gasteiger charge is -2.26. The van der Waals surface area contributed by atoms with E-state index in [4.69, 9.17) is 98.1 Å². The van der Waals surface area contributed by atoms with Crippen LogP contribution in [0.4, 0.5) is 30.7 Å². The van der Waals surface area contributed by atoms with E-state index in [2.05, 4.69) is 30.9 Å². The van der Waals surface area contributed by atoms with Gasteiger partial charge in [-0.05, 0) is 106 Å². The third-order valence-corrected chi connectivity index (χ3v) is 21.0. The second kappa shape index (κ2) is 48.5. The van der Waals surface area contributed by atoms with Gasteiger partial charge < -0.3 is 61.4 Å². The first-order valence-electron chi connectivity index (χ1n) is 38.0. The monoisotopic (exact) mass is 1700 g/mol. The van der Waals surface area contributed by atoms with Crippen molar-refractivity contribution in [3.8, 4) is 6.01 Å². The molecule has 8 aliphatic rings. The highest BCUT2D eigenvalue weighted by Gasteiger charge is 2.53. The van der Waals surface area contributed by atoms with Gasteiger partial charge >= 0.3 is 29.9 Å². The van der Waals surface area contributed by atoms with E-state index in [-0.39, 0.29) is 55.2 Å². The van der Waals surface area contributed by atoms with Crippen LogP contribution in [0.5, 0.6) is 6.01 Å². The molecule has 29 atom stereocenters. The van der Waals surface area contributed by atoms with Gasteiger partial charge in [0, 0.05) is 70.8 Å². The Morgan fingerprint density at radius 2 is 0.931 bits per heavy atom. The minimum Gasteiger partial charge on any atom is -0.455 e. The number of benzene rings is 4. The number of aryl methyl sites for hydroxylation is 1. The van der Waals surface area contributed by atoms with Crippen molar-refractivity contribution in [2.45, 2.75) is 266 Å². The summed E-state index contributed by atoms with van der Waals surface area (Å²) < 4.78 is 166. The van der Waals surface area contributed by atoms with E-state index in [0.29, 0.717) is 75.3 Å². The molecular weight excluding hydrogens is 1600 g/mol. The molecule has 38 heteroatoms. The van der Waals surface area contributed by atoms with Crippen LogP contribution in [-0.4, -0.2) is 244 Å². The average molecular weight is 1700 g/mol. The number of aromatic nitrogens is 2. The number of alkyl halides is 8. The van der Waals surface area contributed by atoms with Crippen LogP contribution in [0.3, 0.4) is 0 Å². The summed E-state index contributed by atoms with van der Waals surface area (Å²) in [6, 6.07) is 29.9. The lowest BCUT2D eigenvalue weighted by Crippen LogP contribution is -2.40. The maximum absolute atomic E-state index is 14.8. The van der Waals surface area contributed by atoms with Crippen molar-refractivity contribution in [1.82, 2.24) is 9.55 Å². The van der Waals surface area contributed by atoms with Gasteiger partial charge in [-0.3, -0.25) is 9.36 Å². The van der Waals surface area contributed by atoms with Crippen molar-refractivity contribution in [3.05, 3.63) is 176 Å². The first-order chi connectivity index (χ1) is 55.1. The van der Waals surface area contributed by atoms with Gasteiger partial charge in [0.1, 0.15) is 51.4 Å². The third-order valence-electron chi connectivity index (χ3n) is 19.9. The van der Waals surface area contributed by atoms with Gasteiger partial charge in [-0.2, -0.15) is 4.98 Å². The van der Waals surface area contributed by atoms with E-state index < -0.39 is 157 Å². The number of azide groups is 1. The maximum atomic E-state index is 14.8. The van der Waals surface area contributed by atoms with Crippen LogP contribution in [-0.2, 0) is 56.6 Å². The Morgan fingerprint density at radius 1 is 0.534 bits per heavy atom. The highest BCUT2D eigenvalue weighted by molar-refractivity contribution is 9.09. The third kappa shape index (κ3) is 25.9. The van der Waals surface area contributed by atoms with Gasteiger partial charge in [0.2, 0.25) is 12.5 Å². The Hall–Kier alpha value is -6.76. The molecule has 0 spiro atoms. The molecule has 7 fully saturated rings. The van der Waals surface area contributed by atoms with Crippen molar-refractivity contribution in [2.75, 3.05) is 13.3 Å². The van der Waals surface area contributed by atoms with Gasteiger partial charge in [0.25, 0.3) is 5.56 Å². The number of hydrogen-bond acceptors (Lipinski definition) is 20. The summed E-state index contributed by atoms with van der Waals surface area (Å²) in [7, 11) is 24.2. The molecule has 622 valence electrons. The number of halogens is 8. The molecular formula is C78H98B6BrF7N5O18P. The molecule has 8 aliphatic heterocycles. The lowest BCUT2D eigenvalue weighted by atomic mass is 9.50. The molecule has 2 bridgehead atoms. The van der Waals surface area contributed by atoms with E-state index in [1.807, 2.05) is 55.1 Å². The van der Waals surface area contributed by atoms with Gasteiger partial charge in [-0.25, -0.2) is 49.9 Å². The Kier molecular flexibility index (Phi) is 41.0. The van der Waals surface area contributed by atoms with E-state index in [9.17, 15) is 54.7 Å². The van der Waals surface area contributed by atoms with Crippen molar-refractivity contribution in [2.24, 2.45) is 17.0 Å². The molecule has 5 aromatic rings. The summed E-state index contributed by atoms with van der Waals surface area (Å²) in [5.41, 5.74) is 9.66. The fourth-order valence-corrected chi connectivity index (χ4v) is 14.1. The molecule has 1 aromatic heterocycles. The van der Waals surface area contributed by atoms with Gasteiger partial charge in [-0.15, -0.1) is 0 Å². The van der Waals surface area contributed by atoms with Crippen molar-refractivity contribution in [1.29, 1.82) is 0 Å². The Morgan fingerprint density at radius 3 is 1.35 bits per heavy atom. The predicted molar refractivity (Wildman–Crippen MR) is 430 cm³/mol. The Labute approximate surface area is 690 Å². The summed E-state index contributed by atoms with van der Waals surface area (Å²) in [6.07, 6.45) is -12.0. The predicted octanol–water partition coefficient (Wildman–Crippen LogP) is 13.0. The fraction of sp³-hybridized carbons (Fsp3) is 0.590. The molecule has 13 rings (SSSR count). The van der Waals surface area contributed by atoms with Crippen molar-refractivity contribution < 1.29 is 111 Å². The smallest absolute Gasteiger partial charge is 0.340 e. The molecule has 0 N–H and O–H groups in total. The number of ether oxygens (including phenoxy) is 12. The van der Waals surface area contributed by atoms with Crippen molar-refractivity contribution >= 4 is 94.1 Å². The molecule has 0 saturated carbocycles. The number of nitrogens with zero attached hydrogens (tertiary/aromatic N) is 5. The van der Waals surface area contributed by atoms with Crippen LogP contribution in [0.25, 0.3) is 10.4 Å². The maximum Gasteiger partial charge on any atom is 0.340 e. The van der Waals surface area contributed by atoms with Crippen LogP contribution in [0, 0.1) is 18.8 Å². The van der Waals surface area contributed by atoms with Crippen LogP contribution in [0.1, 0.15) is 155 Å². The van der Waals surface area contributed by atoms with Gasteiger partial charge in [0.05, 0.1) is 85.8 Å². The van der Waals surface area contributed by atoms with E-state index in [1.54, 1.807) is 135 Å². The van der Waals surface area contributed by atoms with Crippen LogP contribution < -0.4 is 10.3 Å². The standard InChI is InChI=1S/C20H19FO5.C13H14BFO3.C13H14BrFO3.C11H13FN2O3.C7H13B2FO2P.C7H12B2FO.C6H9BFN3O.CH4/c1-2-15-17(25-18(22)13-9-5-3-6-10-13)16(21)20(24-15)26-19(23)14-11-7-4-8-12-14;2*1-2-9-11(10(15)12(14)17-9)18-13(16)8-6-4-3-5-7-8;1-3-6-8-7(12)10(16-6)14-4-5(2)9(15)13-11(14)17-8;1-4-5(3-11-13-2)12-7(9-8)6(4)10;1-3-5-4(2)6(10)7(9-8)11-5;1-2-3-5(10-11-9)4(8)6(7)12-3;/h3-12,15-17,20H,2H2,1H3;2*3-7,9-12H,2H2,1H3;4,6-8,10H,3H2,1-2H3;4-7,13H,3H2,1-2H3;4-7H,3H2,1-2H3;3-6H,2H2,1H3;1H4/t15-,16?,17-,20+;2*9-,10?,11-,12-;6-,7?,8-,10-;2*4-,5+,6?,7+;3-,4?,5+,6-;/m1111001./s1. The minimum absolute atomic E-state index is 0. The summed E-state index contributed by atoms with van der Waals surface area (Å²) in [4.78, 5) is 65.8. The molecule has 9 heterocycles. The number of hydrogen-bond donors (Lipinski definition) is 0. The average Bonchev–Trinajstić information content (AvgIpc) is 1.59. The minimum atomic E-state index is -1.76. The van der Waals surface area contributed by atoms with Crippen molar-refractivity contribution in [3.63, 3.8) is 0 Å². The molecule has 116 heavy (non-hydrogen) atoms. The Balaban J connectivity index is 0.000000214. The molecule has 8 unspecified atom stereocenters. The largest absolute Gasteiger partial charge is 0.455 e. The van der Waals surface area contributed by atoms with Gasteiger partial charge in [0.15, 0.2) is 49.2 Å². The zero-order valence-corrected chi connectivity index (χ0v) is 67.9.